The first-order valence-corrected chi connectivity index (χ1v) is 12.1. The summed E-state index contributed by atoms with van der Waals surface area (Å²) in [5.74, 6) is 1.55. The molecule has 7 heteroatoms. The molecule has 3 rings (SSSR count). The van der Waals surface area contributed by atoms with Gasteiger partial charge in [0.15, 0.2) is 0 Å². The van der Waals surface area contributed by atoms with Gasteiger partial charge < -0.3 is 9.80 Å². The average molecular weight is 446 g/mol. The Morgan fingerprint density at radius 1 is 0.656 bits per heavy atom. The molecule has 0 radical (unpaired) electrons. The van der Waals surface area contributed by atoms with Crippen LogP contribution in [0.2, 0.25) is 0 Å². The molecule has 2 aliphatic rings. The Bertz CT molecular complexity index is 717. The number of hydrogen-bond acceptors (Lipinski definition) is 7. The molecule has 32 heavy (non-hydrogen) atoms. The molecule has 1 aromatic rings. The van der Waals surface area contributed by atoms with Crippen LogP contribution in [0, 0.1) is 0 Å². The molecule has 7 nitrogen and oxygen atoms in total. The van der Waals surface area contributed by atoms with Crippen LogP contribution in [0.1, 0.15) is 81.1 Å². The quantitative estimate of drug-likeness (QED) is 0.693. The van der Waals surface area contributed by atoms with Gasteiger partial charge in [-0.05, 0) is 95.2 Å². The van der Waals surface area contributed by atoms with E-state index in [1.807, 2.05) is 0 Å². The van der Waals surface area contributed by atoms with Gasteiger partial charge in [0.2, 0.25) is 11.9 Å². The molecule has 0 amide bonds. The fourth-order valence-corrected chi connectivity index (χ4v) is 6.13. The molecule has 0 unspecified atom stereocenters. The second kappa shape index (κ2) is 8.08. The highest BCUT2D eigenvalue weighted by molar-refractivity contribution is 5.39. The molecule has 1 aromatic heterocycles. The van der Waals surface area contributed by atoms with Crippen LogP contribution in [0.25, 0.3) is 0 Å². The van der Waals surface area contributed by atoms with Gasteiger partial charge in [-0.15, -0.1) is 0 Å². The standard InChI is InChI=1S/C25H47N7/c1-22(2)13-18(14-23(3,4)31(22)11)29(9)20-26-17-27-21(28-20)30(10)19-15-24(5,6)32(12)25(7,8)16-19/h17-19H,13-16H2,1-12H3. The summed E-state index contributed by atoms with van der Waals surface area (Å²) in [6.45, 7) is 18.7. The second-order valence-electron chi connectivity index (χ2n) is 12.8. The van der Waals surface area contributed by atoms with Crippen LogP contribution in [0.3, 0.4) is 0 Å². The highest BCUT2D eigenvalue weighted by atomic mass is 15.4. The number of hydrogen-bond donors (Lipinski definition) is 0. The molecule has 2 fully saturated rings. The number of rotatable bonds is 4. The maximum atomic E-state index is 4.95. The second-order valence-corrected chi connectivity index (χ2v) is 12.8. The van der Waals surface area contributed by atoms with E-state index in [9.17, 15) is 0 Å². The summed E-state index contributed by atoms with van der Waals surface area (Å²) < 4.78 is 0. The fraction of sp³-hybridized carbons (Fsp3) is 0.880. The minimum atomic E-state index is 0.124. The van der Waals surface area contributed by atoms with Crippen LogP contribution in [-0.2, 0) is 0 Å². The Hall–Kier alpha value is -1.47. The van der Waals surface area contributed by atoms with Crippen molar-refractivity contribution in [2.24, 2.45) is 0 Å². The monoisotopic (exact) mass is 445 g/mol. The van der Waals surface area contributed by atoms with E-state index in [2.05, 4.69) is 113 Å². The molecule has 2 saturated heterocycles. The van der Waals surface area contributed by atoms with E-state index >= 15 is 0 Å². The lowest BCUT2D eigenvalue weighted by Gasteiger charge is -2.55. The predicted molar refractivity (Wildman–Crippen MR) is 135 cm³/mol. The largest absolute Gasteiger partial charge is 0.341 e. The van der Waals surface area contributed by atoms with Crippen LogP contribution >= 0.6 is 0 Å². The van der Waals surface area contributed by atoms with Crippen molar-refractivity contribution in [3.8, 4) is 0 Å². The Kier molecular flexibility index (Phi) is 6.36. The number of likely N-dealkylation sites (tertiary alicyclic amines) is 2. The normalized spacial score (nSPS) is 26.1. The minimum Gasteiger partial charge on any atom is -0.341 e. The Balaban J connectivity index is 1.82. The topological polar surface area (TPSA) is 51.6 Å². The molecule has 2 aliphatic heterocycles. The minimum absolute atomic E-state index is 0.124. The van der Waals surface area contributed by atoms with Gasteiger partial charge in [0, 0.05) is 48.3 Å². The van der Waals surface area contributed by atoms with Crippen molar-refractivity contribution >= 4 is 11.9 Å². The van der Waals surface area contributed by atoms with E-state index in [0.717, 1.165) is 37.6 Å². The van der Waals surface area contributed by atoms with Crippen molar-refractivity contribution in [2.75, 3.05) is 38.0 Å². The Morgan fingerprint density at radius 3 is 1.22 bits per heavy atom. The summed E-state index contributed by atoms with van der Waals surface area (Å²) in [6.07, 6.45) is 6.01. The highest BCUT2D eigenvalue weighted by Crippen LogP contribution is 2.40. The van der Waals surface area contributed by atoms with Gasteiger partial charge in [-0.2, -0.15) is 4.98 Å². The van der Waals surface area contributed by atoms with E-state index in [1.54, 1.807) is 6.33 Å². The molecule has 182 valence electrons. The van der Waals surface area contributed by atoms with Gasteiger partial charge >= 0.3 is 0 Å². The number of anilines is 2. The maximum Gasteiger partial charge on any atom is 0.230 e. The van der Waals surface area contributed by atoms with Crippen LogP contribution < -0.4 is 9.80 Å². The van der Waals surface area contributed by atoms with Crippen molar-refractivity contribution in [1.29, 1.82) is 0 Å². The lowest BCUT2D eigenvalue weighted by molar-refractivity contribution is -0.0121. The summed E-state index contributed by atoms with van der Waals surface area (Å²) >= 11 is 0. The fourth-order valence-electron chi connectivity index (χ4n) is 6.13. The molecular weight excluding hydrogens is 398 g/mol. The summed E-state index contributed by atoms with van der Waals surface area (Å²) in [7, 11) is 8.78. The summed E-state index contributed by atoms with van der Waals surface area (Å²) in [5.41, 5.74) is 0.495. The molecule has 0 aliphatic carbocycles. The van der Waals surface area contributed by atoms with Gasteiger partial charge in [-0.3, -0.25) is 9.80 Å². The van der Waals surface area contributed by atoms with Crippen LogP contribution in [-0.4, -0.2) is 87.2 Å². The summed E-state index contributed by atoms with van der Waals surface area (Å²) in [5, 5.41) is 0. The van der Waals surface area contributed by atoms with E-state index in [0.29, 0.717) is 12.1 Å². The van der Waals surface area contributed by atoms with E-state index < -0.39 is 0 Å². The van der Waals surface area contributed by atoms with Crippen molar-refractivity contribution in [3.05, 3.63) is 6.33 Å². The van der Waals surface area contributed by atoms with Gasteiger partial charge in [0.25, 0.3) is 0 Å². The van der Waals surface area contributed by atoms with Crippen LogP contribution in [0.15, 0.2) is 6.33 Å². The van der Waals surface area contributed by atoms with Crippen molar-refractivity contribution < 1.29 is 0 Å². The molecule has 0 saturated carbocycles. The van der Waals surface area contributed by atoms with E-state index in [1.165, 1.54) is 0 Å². The summed E-state index contributed by atoms with van der Waals surface area (Å²) in [4.78, 5) is 23.7. The Labute approximate surface area is 196 Å². The summed E-state index contributed by atoms with van der Waals surface area (Å²) in [6, 6.07) is 0.774. The van der Waals surface area contributed by atoms with E-state index in [4.69, 9.17) is 4.98 Å². The third-order valence-corrected chi connectivity index (χ3v) is 8.85. The number of nitrogens with zero attached hydrogens (tertiary/aromatic N) is 7. The smallest absolute Gasteiger partial charge is 0.230 e. The lowest BCUT2D eigenvalue weighted by Crippen LogP contribution is -2.62. The van der Waals surface area contributed by atoms with Gasteiger partial charge in [0.05, 0.1) is 0 Å². The van der Waals surface area contributed by atoms with Crippen LogP contribution in [0.4, 0.5) is 11.9 Å². The first-order valence-electron chi connectivity index (χ1n) is 12.1. The van der Waals surface area contributed by atoms with Gasteiger partial charge in [0.1, 0.15) is 6.33 Å². The van der Waals surface area contributed by atoms with Crippen molar-refractivity contribution in [1.82, 2.24) is 24.8 Å². The SMILES string of the molecule is CN(c1ncnc(N(C)C2CC(C)(C)N(C)C(C)(C)C2)n1)C1CC(C)(C)N(C)C(C)(C)C1. The lowest BCUT2D eigenvalue weighted by atomic mass is 9.77. The third kappa shape index (κ3) is 4.60. The molecule has 0 bridgehead atoms. The number of aromatic nitrogens is 3. The highest BCUT2D eigenvalue weighted by Gasteiger charge is 2.46. The number of piperidine rings is 2. The van der Waals surface area contributed by atoms with Gasteiger partial charge in [-0.1, -0.05) is 0 Å². The molecule has 0 spiro atoms. The first kappa shape index (κ1) is 25.2. The molecule has 3 heterocycles. The van der Waals surface area contributed by atoms with E-state index in [-0.39, 0.29) is 22.2 Å². The van der Waals surface area contributed by atoms with Crippen molar-refractivity contribution in [3.63, 3.8) is 0 Å². The zero-order valence-electron chi connectivity index (χ0n) is 22.7. The predicted octanol–water partition coefficient (Wildman–Crippen LogP) is 4.05. The molecule has 0 atom stereocenters. The average Bonchev–Trinajstić information content (AvgIpc) is 2.68. The Morgan fingerprint density at radius 2 is 0.938 bits per heavy atom. The molecular formula is C25H47N7. The van der Waals surface area contributed by atoms with Crippen LogP contribution in [0.5, 0.6) is 0 Å². The third-order valence-electron chi connectivity index (χ3n) is 8.85. The molecule has 0 aromatic carbocycles. The zero-order chi connectivity index (χ0) is 24.3. The molecule has 0 N–H and O–H groups in total. The van der Waals surface area contributed by atoms with Crippen molar-refractivity contribution in [2.45, 2.75) is 115 Å². The maximum absolute atomic E-state index is 4.95. The van der Waals surface area contributed by atoms with Gasteiger partial charge in [-0.25, -0.2) is 9.97 Å². The zero-order valence-corrected chi connectivity index (χ0v) is 22.7. The first-order chi connectivity index (χ1) is 14.5.